The average molecular weight is 790 g/mol. The molecule has 0 saturated carbocycles. The van der Waals surface area contributed by atoms with Gasteiger partial charge in [-0.1, -0.05) is 182 Å². The van der Waals surface area contributed by atoms with Crippen molar-refractivity contribution in [2.75, 3.05) is 4.90 Å². The van der Waals surface area contributed by atoms with Crippen LogP contribution in [-0.2, 0) is 0 Å². The summed E-state index contributed by atoms with van der Waals surface area (Å²) < 4.78 is 6.35. The summed E-state index contributed by atoms with van der Waals surface area (Å²) in [5.74, 6) is 0. The predicted molar refractivity (Wildman–Crippen MR) is 263 cm³/mol. The normalized spacial score (nSPS) is 11.5. The Morgan fingerprint density at radius 2 is 0.855 bits per heavy atom. The summed E-state index contributed by atoms with van der Waals surface area (Å²) >= 11 is 0. The van der Waals surface area contributed by atoms with E-state index in [0.29, 0.717) is 0 Å². The third kappa shape index (κ3) is 6.04. The van der Waals surface area contributed by atoms with Crippen LogP contribution in [0.5, 0.6) is 0 Å². The van der Waals surface area contributed by atoms with Crippen LogP contribution in [0.3, 0.4) is 0 Å². The van der Waals surface area contributed by atoms with Crippen molar-refractivity contribution in [2.24, 2.45) is 0 Å². The summed E-state index contributed by atoms with van der Waals surface area (Å²) in [5, 5.41) is 9.60. The number of fused-ring (bicyclic) bond motifs is 7. The van der Waals surface area contributed by atoms with Gasteiger partial charge in [0, 0.05) is 27.7 Å². The van der Waals surface area contributed by atoms with E-state index in [0.717, 1.165) is 55.7 Å². The van der Waals surface area contributed by atoms with Crippen molar-refractivity contribution in [3.8, 4) is 44.5 Å². The van der Waals surface area contributed by atoms with Crippen molar-refractivity contribution in [1.82, 2.24) is 0 Å². The summed E-state index contributed by atoms with van der Waals surface area (Å²) in [5.41, 5.74) is 14.5. The van der Waals surface area contributed by atoms with Crippen LogP contribution in [0.4, 0.5) is 17.1 Å². The molecule has 0 aliphatic carbocycles. The number of anilines is 3. The zero-order valence-corrected chi connectivity index (χ0v) is 33.9. The van der Waals surface area contributed by atoms with Gasteiger partial charge in [0.05, 0.1) is 5.69 Å². The molecular weight excluding hydrogens is 751 g/mol. The zero-order chi connectivity index (χ0) is 41.0. The van der Waals surface area contributed by atoms with Crippen molar-refractivity contribution >= 4 is 71.3 Å². The van der Waals surface area contributed by atoms with E-state index in [2.05, 4.69) is 229 Å². The fourth-order valence-corrected chi connectivity index (χ4v) is 9.55. The molecule has 1 heterocycles. The molecule has 0 atom stereocenters. The Morgan fingerprint density at radius 3 is 1.68 bits per heavy atom. The first-order valence-corrected chi connectivity index (χ1v) is 21.2. The Bertz CT molecular complexity index is 3640. The Hall–Kier alpha value is -8.20. The lowest BCUT2D eigenvalue weighted by molar-refractivity contribution is 0.669. The third-order valence-corrected chi connectivity index (χ3v) is 12.4. The summed E-state index contributed by atoms with van der Waals surface area (Å²) in [6.07, 6.45) is 0. The molecule has 0 bridgehead atoms. The van der Waals surface area contributed by atoms with Crippen LogP contribution in [0.15, 0.2) is 241 Å². The molecule has 0 saturated heterocycles. The quantitative estimate of drug-likeness (QED) is 0.150. The molecule has 0 amide bonds. The Morgan fingerprint density at radius 1 is 0.274 bits per heavy atom. The lowest BCUT2D eigenvalue weighted by Gasteiger charge is -2.28. The summed E-state index contributed by atoms with van der Waals surface area (Å²) in [6, 6.07) is 85.7. The minimum atomic E-state index is 0.873. The van der Waals surface area contributed by atoms with Gasteiger partial charge in [-0.25, -0.2) is 0 Å². The number of nitrogens with zero attached hydrogens (tertiary/aromatic N) is 1. The SMILES string of the molecule is c1ccc(-c2c(-c3ccccc3)c3cc(-c4ccccc4N(c4cccc(-c5ccc6ccccc6c5)c4)c4ccc5oc6ccccc6c5c4)ccc3c3ccccc23)cc1. The van der Waals surface area contributed by atoms with Gasteiger partial charge in [0.15, 0.2) is 0 Å². The van der Waals surface area contributed by atoms with Gasteiger partial charge >= 0.3 is 0 Å². The summed E-state index contributed by atoms with van der Waals surface area (Å²) in [4.78, 5) is 2.42. The van der Waals surface area contributed by atoms with Crippen molar-refractivity contribution in [3.05, 3.63) is 237 Å². The highest BCUT2D eigenvalue weighted by Gasteiger charge is 2.22. The molecule has 12 aromatic rings. The second-order valence-electron chi connectivity index (χ2n) is 16.0. The van der Waals surface area contributed by atoms with Gasteiger partial charge < -0.3 is 9.32 Å². The molecule has 0 radical (unpaired) electrons. The third-order valence-electron chi connectivity index (χ3n) is 12.4. The maximum Gasteiger partial charge on any atom is 0.135 e. The van der Waals surface area contributed by atoms with E-state index in [-0.39, 0.29) is 0 Å². The first-order chi connectivity index (χ1) is 30.7. The van der Waals surface area contributed by atoms with Crippen LogP contribution >= 0.6 is 0 Å². The number of hydrogen-bond donors (Lipinski definition) is 0. The molecule has 0 aliphatic heterocycles. The van der Waals surface area contributed by atoms with Gasteiger partial charge in [-0.15, -0.1) is 0 Å². The molecule has 2 heteroatoms. The number of benzene rings is 11. The molecule has 1 aromatic heterocycles. The molecule has 0 unspecified atom stereocenters. The van der Waals surface area contributed by atoms with Crippen molar-refractivity contribution in [2.45, 2.75) is 0 Å². The van der Waals surface area contributed by atoms with Gasteiger partial charge in [-0.2, -0.15) is 0 Å². The van der Waals surface area contributed by atoms with Gasteiger partial charge in [0.1, 0.15) is 11.2 Å². The Balaban J connectivity index is 1.11. The van der Waals surface area contributed by atoms with Crippen LogP contribution in [0.2, 0.25) is 0 Å². The number of furan rings is 1. The first kappa shape index (κ1) is 35.7. The molecule has 0 aliphatic rings. The average Bonchev–Trinajstić information content (AvgIpc) is 3.72. The lowest BCUT2D eigenvalue weighted by Crippen LogP contribution is -2.11. The van der Waals surface area contributed by atoms with Crippen LogP contribution in [0.25, 0.3) is 98.8 Å². The molecule has 12 rings (SSSR count). The van der Waals surface area contributed by atoms with E-state index in [1.165, 1.54) is 60.1 Å². The minimum Gasteiger partial charge on any atom is -0.456 e. The molecule has 62 heavy (non-hydrogen) atoms. The molecule has 11 aromatic carbocycles. The zero-order valence-electron chi connectivity index (χ0n) is 33.9. The number of rotatable bonds is 7. The molecule has 2 nitrogen and oxygen atoms in total. The van der Waals surface area contributed by atoms with E-state index in [1.54, 1.807) is 0 Å². The second kappa shape index (κ2) is 14.8. The van der Waals surface area contributed by atoms with Crippen molar-refractivity contribution in [1.29, 1.82) is 0 Å². The highest BCUT2D eigenvalue weighted by molar-refractivity contribution is 6.22. The highest BCUT2D eigenvalue weighted by Crippen LogP contribution is 2.48. The highest BCUT2D eigenvalue weighted by atomic mass is 16.3. The topological polar surface area (TPSA) is 16.4 Å². The maximum atomic E-state index is 6.35. The Kier molecular flexibility index (Phi) is 8.53. The summed E-state index contributed by atoms with van der Waals surface area (Å²) in [6.45, 7) is 0. The number of hydrogen-bond acceptors (Lipinski definition) is 2. The Labute approximate surface area is 360 Å². The standard InChI is InChI=1S/C60H39NO/c1-3-17-41(18-4-1)59-53-27-10-9-25-50(53)51-34-32-46(38-55(51)60(59)42-19-5-2-6-20-42)49-24-11-13-28-56(49)61(48-33-35-58-54(39-48)52-26-12-14-29-57(52)62-58)47-23-15-22-44(37-47)45-31-30-40-16-7-8-21-43(40)36-45/h1-39H. The van der Waals surface area contributed by atoms with Gasteiger partial charge in [-0.3, -0.25) is 0 Å². The van der Waals surface area contributed by atoms with E-state index in [1.807, 2.05) is 12.1 Å². The van der Waals surface area contributed by atoms with E-state index in [4.69, 9.17) is 4.42 Å². The van der Waals surface area contributed by atoms with Crippen molar-refractivity contribution < 1.29 is 4.42 Å². The van der Waals surface area contributed by atoms with Gasteiger partial charge in [0.25, 0.3) is 0 Å². The van der Waals surface area contributed by atoms with Crippen molar-refractivity contribution in [3.63, 3.8) is 0 Å². The minimum absolute atomic E-state index is 0.873. The number of para-hydroxylation sites is 2. The molecule has 0 fully saturated rings. The maximum absolute atomic E-state index is 6.35. The molecule has 0 N–H and O–H groups in total. The van der Waals surface area contributed by atoms with E-state index in [9.17, 15) is 0 Å². The largest absolute Gasteiger partial charge is 0.456 e. The first-order valence-electron chi connectivity index (χ1n) is 21.2. The predicted octanol–water partition coefficient (Wildman–Crippen LogP) is 17.2. The second-order valence-corrected chi connectivity index (χ2v) is 16.0. The monoisotopic (exact) mass is 789 g/mol. The van der Waals surface area contributed by atoms with Gasteiger partial charge in [0.2, 0.25) is 0 Å². The fraction of sp³-hybridized carbons (Fsp3) is 0. The van der Waals surface area contributed by atoms with Gasteiger partial charge in [-0.05, 0) is 126 Å². The van der Waals surface area contributed by atoms with Crippen LogP contribution in [-0.4, -0.2) is 0 Å². The van der Waals surface area contributed by atoms with Crippen LogP contribution < -0.4 is 4.90 Å². The van der Waals surface area contributed by atoms with Crippen LogP contribution in [0, 0.1) is 0 Å². The molecule has 290 valence electrons. The van der Waals surface area contributed by atoms with Crippen LogP contribution in [0.1, 0.15) is 0 Å². The molecular formula is C60H39NO. The summed E-state index contributed by atoms with van der Waals surface area (Å²) in [7, 11) is 0. The molecule has 0 spiro atoms. The lowest BCUT2D eigenvalue weighted by atomic mass is 9.84. The smallest absolute Gasteiger partial charge is 0.135 e. The van der Waals surface area contributed by atoms with E-state index >= 15 is 0 Å². The van der Waals surface area contributed by atoms with E-state index < -0.39 is 0 Å². The fourth-order valence-electron chi connectivity index (χ4n) is 9.55.